The largest absolute Gasteiger partial charge is 0.126 e. The van der Waals surface area contributed by atoms with Crippen LogP contribution in [0, 0.1) is 5.41 Å². The summed E-state index contributed by atoms with van der Waals surface area (Å²) in [4.78, 5) is 0. The van der Waals surface area contributed by atoms with Gasteiger partial charge in [-0.1, -0.05) is 58.4 Å². The molecule has 14 heavy (non-hydrogen) atoms. The van der Waals surface area contributed by atoms with Gasteiger partial charge in [0, 0.05) is 5.88 Å². The molecule has 0 aromatic carbocycles. The van der Waals surface area contributed by atoms with Crippen LogP contribution >= 0.6 is 11.6 Å². The predicted molar refractivity (Wildman–Crippen MR) is 67.0 cm³/mol. The molecule has 0 fully saturated rings. The molecular weight excluding hydrogens is 192 g/mol. The molecule has 0 N–H and O–H groups in total. The highest BCUT2D eigenvalue weighted by atomic mass is 35.5. The van der Waals surface area contributed by atoms with Crippen molar-refractivity contribution < 1.29 is 0 Å². The molecule has 0 spiro atoms. The van der Waals surface area contributed by atoms with Crippen LogP contribution in [-0.4, -0.2) is 5.88 Å². The molecule has 0 aromatic heterocycles. The predicted octanol–water partition coefficient (Wildman–Crippen LogP) is 5.17. The van der Waals surface area contributed by atoms with E-state index in [1.165, 1.54) is 44.9 Å². The number of halogens is 1. The molecule has 0 heterocycles. The first kappa shape index (κ1) is 14.0. The van der Waals surface area contributed by atoms with Gasteiger partial charge in [-0.15, -0.1) is 18.2 Å². The average Bonchev–Trinajstić information content (AvgIpc) is 2.23. The van der Waals surface area contributed by atoms with Gasteiger partial charge >= 0.3 is 0 Å². The van der Waals surface area contributed by atoms with E-state index in [2.05, 4.69) is 20.4 Å². The van der Waals surface area contributed by atoms with Crippen molar-refractivity contribution in [3.05, 3.63) is 12.7 Å². The van der Waals surface area contributed by atoms with Gasteiger partial charge in [-0.25, -0.2) is 0 Å². The summed E-state index contributed by atoms with van der Waals surface area (Å²) < 4.78 is 0. The Labute approximate surface area is 94.7 Å². The van der Waals surface area contributed by atoms with E-state index in [1.807, 2.05) is 6.08 Å². The zero-order valence-corrected chi connectivity index (χ0v) is 10.6. The van der Waals surface area contributed by atoms with Gasteiger partial charge in [0.25, 0.3) is 0 Å². The lowest BCUT2D eigenvalue weighted by Crippen LogP contribution is -2.14. The second-order valence-corrected chi connectivity index (χ2v) is 4.78. The molecule has 0 rings (SSSR count). The van der Waals surface area contributed by atoms with Crippen LogP contribution in [0.5, 0.6) is 0 Å². The maximum Gasteiger partial charge on any atom is 0.0311 e. The van der Waals surface area contributed by atoms with Crippen molar-refractivity contribution in [1.82, 2.24) is 0 Å². The molecule has 0 amide bonds. The van der Waals surface area contributed by atoms with Crippen LogP contribution in [-0.2, 0) is 0 Å². The summed E-state index contributed by atoms with van der Waals surface area (Å²) >= 11 is 5.90. The molecule has 1 heteroatoms. The van der Waals surface area contributed by atoms with Gasteiger partial charge in [-0.3, -0.25) is 0 Å². The lowest BCUT2D eigenvalue weighted by molar-refractivity contribution is 0.414. The zero-order chi connectivity index (χ0) is 10.9. The van der Waals surface area contributed by atoms with Crippen molar-refractivity contribution in [3.63, 3.8) is 0 Å². The van der Waals surface area contributed by atoms with Crippen LogP contribution < -0.4 is 0 Å². The normalized spacial score (nSPS) is 15.1. The maximum absolute atomic E-state index is 5.90. The number of hydrogen-bond acceptors (Lipinski definition) is 0. The van der Waals surface area contributed by atoms with Crippen LogP contribution in [0.25, 0.3) is 0 Å². The van der Waals surface area contributed by atoms with Crippen LogP contribution in [0.15, 0.2) is 12.7 Å². The second kappa shape index (κ2) is 8.35. The smallest absolute Gasteiger partial charge is 0.0311 e. The van der Waals surface area contributed by atoms with Gasteiger partial charge in [0.1, 0.15) is 0 Å². The summed E-state index contributed by atoms with van der Waals surface area (Å²) in [7, 11) is 0. The van der Waals surface area contributed by atoms with Crippen molar-refractivity contribution >= 4 is 11.6 Å². The highest BCUT2D eigenvalue weighted by molar-refractivity contribution is 6.18. The van der Waals surface area contributed by atoms with Gasteiger partial charge in [0.2, 0.25) is 0 Å². The SMILES string of the molecule is C=CC(C)(CCl)CCCCCCCC. The first-order valence-corrected chi connectivity index (χ1v) is 6.41. The van der Waals surface area contributed by atoms with E-state index in [9.17, 15) is 0 Å². The molecule has 0 bridgehead atoms. The minimum Gasteiger partial charge on any atom is -0.126 e. The van der Waals surface area contributed by atoms with Crippen molar-refractivity contribution in [2.75, 3.05) is 5.88 Å². The summed E-state index contributed by atoms with van der Waals surface area (Å²) in [6.45, 7) is 8.29. The maximum atomic E-state index is 5.90. The fourth-order valence-electron chi connectivity index (χ4n) is 1.53. The van der Waals surface area contributed by atoms with Crippen molar-refractivity contribution in [2.45, 2.75) is 58.8 Å². The number of allylic oxidation sites excluding steroid dienone is 1. The Kier molecular flexibility index (Phi) is 8.37. The van der Waals surface area contributed by atoms with Gasteiger partial charge < -0.3 is 0 Å². The van der Waals surface area contributed by atoms with Crippen molar-refractivity contribution in [1.29, 1.82) is 0 Å². The van der Waals surface area contributed by atoms with Gasteiger partial charge in [0.15, 0.2) is 0 Å². The Balaban J connectivity index is 3.38. The number of hydrogen-bond donors (Lipinski definition) is 0. The van der Waals surface area contributed by atoms with Crippen molar-refractivity contribution in [2.24, 2.45) is 5.41 Å². The van der Waals surface area contributed by atoms with E-state index in [-0.39, 0.29) is 5.41 Å². The van der Waals surface area contributed by atoms with E-state index in [1.54, 1.807) is 0 Å². The molecule has 84 valence electrons. The highest BCUT2D eigenvalue weighted by Crippen LogP contribution is 2.27. The third kappa shape index (κ3) is 6.48. The molecular formula is C13H25Cl. The first-order chi connectivity index (χ1) is 6.68. The molecule has 0 aliphatic heterocycles. The van der Waals surface area contributed by atoms with Crippen LogP contribution in [0.1, 0.15) is 58.8 Å². The summed E-state index contributed by atoms with van der Waals surface area (Å²) in [6, 6.07) is 0. The third-order valence-corrected chi connectivity index (χ3v) is 3.51. The van der Waals surface area contributed by atoms with E-state index in [0.717, 1.165) is 0 Å². The molecule has 0 nitrogen and oxygen atoms in total. The molecule has 0 aliphatic carbocycles. The Morgan fingerprint density at radius 2 is 1.71 bits per heavy atom. The molecule has 0 saturated carbocycles. The molecule has 1 atom stereocenters. The molecule has 0 radical (unpaired) electrons. The zero-order valence-electron chi connectivity index (χ0n) is 9.82. The lowest BCUT2D eigenvalue weighted by Gasteiger charge is -2.22. The van der Waals surface area contributed by atoms with E-state index in [4.69, 9.17) is 11.6 Å². The van der Waals surface area contributed by atoms with E-state index >= 15 is 0 Å². The highest BCUT2D eigenvalue weighted by Gasteiger charge is 2.17. The number of alkyl halides is 1. The topological polar surface area (TPSA) is 0 Å². The van der Waals surface area contributed by atoms with E-state index < -0.39 is 0 Å². The monoisotopic (exact) mass is 216 g/mol. The quantitative estimate of drug-likeness (QED) is 0.284. The molecule has 0 aromatic rings. The minimum absolute atomic E-state index is 0.159. The minimum atomic E-state index is 0.159. The van der Waals surface area contributed by atoms with Crippen LogP contribution in [0.4, 0.5) is 0 Å². The molecule has 0 aliphatic rings. The Morgan fingerprint density at radius 3 is 2.21 bits per heavy atom. The standard InChI is InChI=1S/C13H25Cl/c1-4-6-7-8-9-10-11-13(3,5-2)12-14/h5H,2,4,6-12H2,1,3H3. The average molecular weight is 217 g/mol. The third-order valence-electron chi connectivity index (χ3n) is 2.90. The van der Waals surface area contributed by atoms with Crippen molar-refractivity contribution in [3.8, 4) is 0 Å². The number of rotatable bonds is 9. The Morgan fingerprint density at radius 1 is 1.14 bits per heavy atom. The van der Waals surface area contributed by atoms with Crippen LogP contribution in [0.3, 0.4) is 0 Å². The molecule has 0 saturated heterocycles. The summed E-state index contributed by atoms with van der Waals surface area (Å²) in [5.41, 5.74) is 0.159. The summed E-state index contributed by atoms with van der Waals surface area (Å²) in [6.07, 6.45) is 11.3. The first-order valence-electron chi connectivity index (χ1n) is 5.88. The fourth-order valence-corrected chi connectivity index (χ4v) is 1.78. The van der Waals surface area contributed by atoms with Gasteiger partial charge in [0.05, 0.1) is 0 Å². The van der Waals surface area contributed by atoms with Gasteiger partial charge in [-0.2, -0.15) is 0 Å². The summed E-state index contributed by atoms with van der Waals surface area (Å²) in [5.74, 6) is 0.700. The Hall–Kier alpha value is 0.0300. The number of unbranched alkanes of at least 4 members (excludes halogenated alkanes) is 5. The fraction of sp³-hybridized carbons (Fsp3) is 0.846. The molecule has 1 unspecified atom stereocenters. The van der Waals surface area contributed by atoms with E-state index in [0.29, 0.717) is 5.88 Å². The lowest BCUT2D eigenvalue weighted by atomic mass is 9.87. The summed E-state index contributed by atoms with van der Waals surface area (Å²) in [5, 5.41) is 0. The second-order valence-electron chi connectivity index (χ2n) is 4.51. The Bertz CT molecular complexity index is 142. The van der Waals surface area contributed by atoms with Gasteiger partial charge in [-0.05, 0) is 11.8 Å². The van der Waals surface area contributed by atoms with Crippen LogP contribution in [0.2, 0.25) is 0 Å².